The first-order chi connectivity index (χ1) is 10.5. The number of amides is 1. The SMILES string of the molecule is Cc1ccc2nc3c(n2c1)CC(C(=O)NCCC(C)C)CC3. The lowest BCUT2D eigenvalue weighted by molar-refractivity contribution is -0.125. The van der Waals surface area contributed by atoms with E-state index in [2.05, 4.69) is 48.8 Å². The number of hydrogen-bond donors (Lipinski definition) is 1. The fourth-order valence-corrected chi connectivity index (χ4v) is 3.16. The summed E-state index contributed by atoms with van der Waals surface area (Å²) >= 11 is 0. The molecule has 0 aliphatic heterocycles. The van der Waals surface area contributed by atoms with Gasteiger partial charge in [0.1, 0.15) is 5.65 Å². The number of pyridine rings is 1. The summed E-state index contributed by atoms with van der Waals surface area (Å²) in [7, 11) is 0. The lowest BCUT2D eigenvalue weighted by Crippen LogP contribution is -2.35. The molecule has 0 fully saturated rings. The van der Waals surface area contributed by atoms with E-state index in [1.165, 1.54) is 11.3 Å². The number of nitrogens with zero attached hydrogens (tertiary/aromatic N) is 2. The molecule has 1 aliphatic rings. The van der Waals surface area contributed by atoms with E-state index in [1.54, 1.807) is 0 Å². The molecular formula is C18H25N3O. The van der Waals surface area contributed by atoms with Gasteiger partial charge in [-0.3, -0.25) is 4.79 Å². The number of rotatable bonds is 4. The number of aromatic nitrogens is 2. The van der Waals surface area contributed by atoms with E-state index >= 15 is 0 Å². The van der Waals surface area contributed by atoms with E-state index in [0.29, 0.717) is 5.92 Å². The summed E-state index contributed by atoms with van der Waals surface area (Å²) in [4.78, 5) is 17.1. The molecule has 1 amide bonds. The predicted molar refractivity (Wildman–Crippen MR) is 87.9 cm³/mol. The summed E-state index contributed by atoms with van der Waals surface area (Å²) in [6.45, 7) is 7.23. The molecule has 0 aromatic carbocycles. The number of hydrogen-bond acceptors (Lipinski definition) is 2. The largest absolute Gasteiger partial charge is 0.356 e. The maximum absolute atomic E-state index is 12.4. The maximum Gasteiger partial charge on any atom is 0.223 e. The highest BCUT2D eigenvalue weighted by Gasteiger charge is 2.27. The van der Waals surface area contributed by atoms with Gasteiger partial charge in [0.2, 0.25) is 5.91 Å². The molecule has 1 N–H and O–H groups in total. The molecule has 1 aliphatic carbocycles. The Balaban J connectivity index is 1.74. The predicted octanol–water partition coefficient (Wildman–Crippen LogP) is 2.91. The van der Waals surface area contributed by atoms with Crippen molar-refractivity contribution < 1.29 is 4.79 Å². The second-order valence-corrected chi connectivity index (χ2v) is 6.85. The maximum atomic E-state index is 12.4. The molecule has 0 saturated carbocycles. The Morgan fingerprint density at radius 1 is 1.45 bits per heavy atom. The van der Waals surface area contributed by atoms with Gasteiger partial charge in [-0.2, -0.15) is 0 Å². The van der Waals surface area contributed by atoms with E-state index in [1.807, 2.05) is 0 Å². The highest BCUT2D eigenvalue weighted by atomic mass is 16.1. The number of carbonyl (C=O) groups excluding carboxylic acids is 1. The molecule has 3 rings (SSSR count). The van der Waals surface area contributed by atoms with Crippen LogP contribution in [-0.2, 0) is 17.6 Å². The normalized spacial score (nSPS) is 17.7. The topological polar surface area (TPSA) is 46.4 Å². The number of aryl methyl sites for hydroxylation is 2. The van der Waals surface area contributed by atoms with E-state index in [0.717, 1.165) is 43.6 Å². The van der Waals surface area contributed by atoms with Gasteiger partial charge in [0.05, 0.1) is 5.69 Å². The Hall–Kier alpha value is -1.84. The quantitative estimate of drug-likeness (QED) is 0.943. The molecule has 22 heavy (non-hydrogen) atoms. The lowest BCUT2D eigenvalue weighted by atomic mass is 9.89. The van der Waals surface area contributed by atoms with Gasteiger partial charge in [-0.15, -0.1) is 0 Å². The number of fused-ring (bicyclic) bond motifs is 3. The van der Waals surface area contributed by atoms with Crippen LogP contribution in [-0.4, -0.2) is 21.8 Å². The molecule has 0 radical (unpaired) electrons. The molecule has 118 valence electrons. The van der Waals surface area contributed by atoms with Crippen LogP contribution in [0.4, 0.5) is 0 Å². The standard InChI is InChI=1S/C18H25N3O/c1-12(2)8-9-19-18(22)14-5-6-15-16(10-14)21-11-13(3)4-7-17(21)20-15/h4,7,11-12,14H,5-6,8-10H2,1-3H3,(H,19,22). The third-order valence-corrected chi connectivity index (χ3v) is 4.51. The zero-order valence-corrected chi connectivity index (χ0v) is 13.7. The van der Waals surface area contributed by atoms with Crippen molar-refractivity contribution in [2.75, 3.05) is 6.54 Å². The van der Waals surface area contributed by atoms with Crippen molar-refractivity contribution in [3.8, 4) is 0 Å². The third kappa shape index (κ3) is 3.01. The molecule has 1 atom stereocenters. The van der Waals surface area contributed by atoms with E-state index in [-0.39, 0.29) is 11.8 Å². The molecule has 2 aromatic heterocycles. The summed E-state index contributed by atoms with van der Waals surface area (Å²) in [6.07, 6.45) is 5.77. The Bertz CT molecular complexity index is 687. The second kappa shape index (κ2) is 6.11. The fourth-order valence-electron chi connectivity index (χ4n) is 3.16. The molecule has 4 heteroatoms. The first-order valence-electron chi connectivity index (χ1n) is 8.28. The molecule has 0 saturated heterocycles. The van der Waals surface area contributed by atoms with Gasteiger partial charge in [0.25, 0.3) is 0 Å². The molecular weight excluding hydrogens is 274 g/mol. The molecule has 2 heterocycles. The van der Waals surface area contributed by atoms with Crippen LogP contribution in [0, 0.1) is 18.8 Å². The Morgan fingerprint density at radius 3 is 3.05 bits per heavy atom. The van der Waals surface area contributed by atoms with Crippen molar-refractivity contribution in [1.29, 1.82) is 0 Å². The average Bonchev–Trinajstić information content (AvgIpc) is 2.84. The van der Waals surface area contributed by atoms with Crippen LogP contribution in [0.15, 0.2) is 18.3 Å². The van der Waals surface area contributed by atoms with E-state index in [9.17, 15) is 4.79 Å². The van der Waals surface area contributed by atoms with Gasteiger partial charge in [-0.05, 0) is 43.7 Å². The number of imidazole rings is 1. The first kappa shape index (κ1) is 15.1. The van der Waals surface area contributed by atoms with Gasteiger partial charge >= 0.3 is 0 Å². The Kier molecular flexibility index (Phi) is 4.19. The number of nitrogens with one attached hydrogen (secondary N) is 1. The minimum atomic E-state index is 0.0834. The minimum absolute atomic E-state index is 0.0834. The number of carbonyl (C=O) groups is 1. The van der Waals surface area contributed by atoms with Gasteiger partial charge < -0.3 is 9.72 Å². The van der Waals surface area contributed by atoms with Crippen LogP contribution in [0.5, 0.6) is 0 Å². The second-order valence-electron chi connectivity index (χ2n) is 6.85. The van der Waals surface area contributed by atoms with Crippen molar-refractivity contribution in [1.82, 2.24) is 14.7 Å². The van der Waals surface area contributed by atoms with Crippen LogP contribution >= 0.6 is 0 Å². The van der Waals surface area contributed by atoms with Gasteiger partial charge in [-0.25, -0.2) is 4.98 Å². The van der Waals surface area contributed by atoms with Gasteiger partial charge in [0.15, 0.2) is 0 Å². The third-order valence-electron chi connectivity index (χ3n) is 4.51. The van der Waals surface area contributed by atoms with Crippen molar-refractivity contribution in [3.05, 3.63) is 35.3 Å². The zero-order valence-electron chi connectivity index (χ0n) is 13.7. The van der Waals surface area contributed by atoms with Crippen molar-refractivity contribution in [2.24, 2.45) is 11.8 Å². The highest BCUT2D eigenvalue weighted by molar-refractivity contribution is 5.79. The zero-order chi connectivity index (χ0) is 15.7. The van der Waals surface area contributed by atoms with E-state index in [4.69, 9.17) is 4.98 Å². The Labute approximate surface area is 131 Å². The van der Waals surface area contributed by atoms with Gasteiger partial charge in [0, 0.05) is 30.8 Å². The smallest absolute Gasteiger partial charge is 0.223 e. The summed E-state index contributed by atoms with van der Waals surface area (Å²) in [5, 5.41) is 3.10. The monoisotopic (exact) mass is 299 g/mol. The van der Waals surface area contributed by atoms with Crippen LogP contribution < -0.4 is 5.32 Å². The van der Waals surface area contributed by atoms with Crippen LogP contribution in [0.3, 0.4) is 0 Å². The summed E-state index contributed by atoms with van der Waals surface area (Å²) in [5.74, 6) is 0.911. The lowest BCUT2D eigenvalue weighted by Gasteiger charge is -2.21. The van der Waals surface area contributed by atoms with Crippen molar-refractivity contribution in [3.63, 3.8) is 0 Å². The minimum Gasteiger partial charge on any atom is -0.356 e. The summed E-state index contributed by atoms with van der Waals surface area (Å²) in [6, 6.07) is 4.15. The Morgan fingerprint density at radius 2 is 2.27 bits per heavy atom. The van der Waals surface area contributed by atoms with Crippen molar-refractivity contribution in [2.45, 2.75) is 46.5 Å². The summed E-state index contributed by atoms with van der Waals surface area (Å²) in [5.41, 5.74) is 4.60. The van der Waals surface area contributed by atoms with Gasteiger partial charge in [-0.1, -0.05) is 19.9 Å². The molecule has 2 aromatic rings. The van der Waals surface area contributed by atoms with Crippen LogP contribution in [0.1, 0.15) is 43.6 Å². The van der Waals surface area contributed by atoms with Crippen LogP contribution in [0.25, 0.3) is 5.65 Å². The van der Waals surface area contributed by atoms with Crippen LogP contribution in [0.2, 0.25) is 0 Å². The summed E-state index contributed by atoms with van der Waals surface area (Å²) < 4.78 is 2.16. The van der Waals surface area contributed by atoms with Crippen molar-refractivity contribution >= 4 is 11.6 Å². The molecule has 4 nitrogen and oxygen atoms in total. The fraction of sp³-hybridized carbons (Fsp3) is 0.556. The average molecular weight is 299 g/mol. The molecule has 0 spiro atoms. The molecule has 1 unspecified atom stereocenters. The van der Waals surface area contributed by atoms with E-state index < -0.39 is 0 Å². The first-order valence-corrected chi connectivity index (χ1v) is 8.28. The highest BCUT2D eigenvalue weighted by Crippen LogP contribution is 2.26. The molecule has 0 bridgehead atoms.